The van der Waals surface area contributed by atoms with Gasteiger partial charge in [-0.25, -0.2) is 4.98 Å². The van der Waals surface area contributed by atoms with Crippen LogP contribution >= 0.6 is 0 Å². The second-order valence-corrected chi connectivity index (χ2v) is 7.21. The highest BCUT2D eigenvalue weighted by atomic mass is 16.5. The fourth-order valence-corrected chi connectivity index (χ4v) is 3.90. The summed E-state index contributed by atoms with van der Waals surface area (Å²) in [4.78, 5) is 4.51. The highest BCUT2D eigenvalue weighted by Crippen LogP contribution is 2.34. The molecule has 0 aliphatic carbocycles. The SMILES string of the molecule is c1cn2cc(-c3ccc4c(c3)NCCO4)cc(Nc3cc4n(n3)CCOC4)c2n1. The second-order valence-electron chi connectivity index (χ2n) is 7.21. The molecule has 6 rings (SSSR count). The van der Waals surface area contributed by atoms with Crippen molar-refractivity contribution in [2.24, 2.45) is 0 Å². The van der Waals surface area contributed by atoms with E-state index in [1.165, 1.54) is 0 Å². The normalized spacial score (nSPS) is 15.3. The van der Waals surface area contributed by atoms with Crippen molar-refractivity contribution in [2.45, 2.75) is 13.2 Å². The van der Waals surface area contributed by atoms with Gasteiger partial charge in [-0.05, 0) is 23.8 Å². The summed E-state index contributed by atoms with van der Waals surface area (Å²) < 4.78 is 15.2. The van der Waals surface area contributed by atoms with Crippen molar-refractivity contribution in [3.8, 4) is 16.9 Å². The number of hydrogen-bond donors (Lipinski definition) is 2. The molecule has 1 aromatic carbocycles. The summed E-state index contributed by atoms with van der Waals surface area (Å²) in [7, 11) is 0. The van der Waals surface area contributed by atoms with Crippen LogP contribution in [-0.4, -0.2) is 38.9 Å². The Hall–Kier alpha value is -3.52. The number of anilines is 3. The van der Waals surface area contributed by atoms with E-state index in [2.05, 4.69) is 45.1 Å². The average molecular weight is 388 g/mol. The first-order valence-electron chi connectivity index (χ1n) is 9.73. The average Bonchev–Trinajstić information content (AvgIpc) is 3.39. The van der Waals surface area contributed by atoms with Gasteiger partial charge in [-0.15, -0.1) is 0 Å². The number of ether oxygens (including phenoxy) is 2. The highest BCUT2D eigenvalue weighted by Gasteiger charge is 2.15. The van der Waals surface area contributed by atoms with E-state index in [1.54, 1.807) is 6.20 Å². The van der Waals surface area contributed by atoms with Crippen LogP contribution in [0.5, 0.6) is 5.75 Å². The number of pyridine rings is 1. The van der Waals surface area contributed by atoms with Crippen LogP contribution in [0.15, 0.2) is 48.9 Å². The minimum Gasteiger partial charge on any atom is -0.490 e. The second kappa shape index (κ2) is 6.52. The summed E-state index contributed by atoms with van der Waals surface area (Å²) in [6.45, 7) is 3.58. The van der Waals surface area contributed by atoms with E-state index in [4.69, 9.17) is 9.47 Å². The molecule has 0 amide bonds. The molecule has 0 fully saturated rings. The molecule has 0 saturated carbocycles. The van der Waals surface area contributed by atoms with E-state index in [1.807, 2.05) is 27.4 Å². The lowest BCUT2D eigenvalue weighted by Crippen LogP contribution is -2.17. The Morgan fingerprint density at radius 1 is 1.10 bits per heavy atom. The van der Waals surface area contributed by atoms with Gasteiger partial charge in [0.2, 0.25) is 0 Å². The third-order valence-electron chi connectivity index (χ3n) is 5.30. The number of nitrogens with one attached hydrogen (secondary N) is 2. The van der Waals surface area contributed by atoms with Crippen molar-refractivity contribution in [1.29, 1.82) is 0 Å². The quantitative estimate of drug-likeness (QED) is 0.561. The standard InChI is InChI=1S/C21H20N6O2/c1-2-19-17(22-4-7-29-19)9-14(1)15-10-18(21-23-3-5-26(21)12-15)24-20-11-16-13-28-8-6-27(16)25-20/h1-3,5,9-12,22H,4,6-8,13H2,(H,24,25). The summed E-state index contributed by atoms with van der Waals surface area (Å²) in [5.74, 6) is 1.70. The van der Waals surface area contributed by atoms with E-state index < -0.39 is 0 Å². The summed E-state index contributed by atoms with van der Waals surface area (Å²) in [6.07, 6.45) is 5.85. The number of fused-ring (bicyclic) bond motifs is 3. The van der Waals surface area contributed by atoms with Gasteiger partial charge in [0.05, 0.1) is 36.8 Å². The molecule has 2 aliphatic rings. The van der Waals surface area contributed by atoms with Gasteiger partial charge < -0.3 is 24.5 Å². The Morgan fingerprint density at radius 3 is 3.07 bits per heavy atom. The summed E-state index contributed by atoms with van der Waals surface area (Å²) in [5.41, 5.74) is 6.06. The van der Waals surface area contributed by atoms with Gasteiger partial charge in [0.25, 0.3) is 0 Å². The van der Waals surface area contributed by atoms with Crippen LogP contribution in [-0.2, 0) is 17.9 Å². The van der Waals surface area contributed by atoms with Crippen molar-refractivity contribution < 1.29 is 9.47 Å². The molecule has 29 heavy (non-hydrogen) atoms. The van der Waals surface area contributed by atoms with Crippen molar-refractivity contribution >= 4 is 22.8 Å². The maximum atomic E-state index is 5.70. The van der Waals surface area contributed by atoms with Gasteiger partial charge in [0.1, 0.15) is 12.4 Å². The molecular weight excluding hydrogens is 368 g/mol. The topological polar surface area (TPSA) is 77.6 Å². The van der Waals surface area contributed by atoms with Crippen LogP contribution in [0.2, 0.25) is 0 Å². The molecule has 0 atom stereocenters. The minimum atomic E-state index is 0.595. The first-order valence-corrected chi connectivity index (χ1v) is 9.73. The first kappa shape index (κ1) is 16.4. The number of aromatic nitrogens is 4. The zero-order chi connectivity index (χ0) is 19.2. The van der Waals surface area contributed by atoms with Gasteiger partial charge in [-0.3, -0.25) is 4.68 Å². The number of rotatable bonds is 3. The molecular formula is C21H20N6O2. The molecule has 146 valence electrons. The molecule has 8 heteroatoms. The number of benzene rings is 1. The van der Waals surface area contributed by atoms with Crippen molar-refractivity contribution in [1.82, 2.24) is 19.2 Å². The van der Waals surface area contributed by atoms with Crippen LogP contribution in [0.1, 0.15) is 5.69 Å². The first-order chi connectivity index (χ1) is 14.3. The van der Waals surface area contributed by atoms with Crippen LogP contribution in [0.4, 0.5) is 17.2 Å². The van der Waals surface area contributed by atoms with Crippen LogP contribution in [0.3, 0.4) is 0 Å². The molecule has 0 spiro atoms. The molecule has 0 unspecified atom stereocenters. The van der Waals surface area contributed by atoms with E-state index in [0.717, 1.165) is 58.5 Å². The maximum absolute atomic E-state index is 5.70. The Bertz CT molecular complexity index is 1190. The number of hydrogen-bond acceptors (Lipinski definition) is 6. The van der Waals surface area contributed by atoms with Crippen LogP contribution < -0.4 is 15.4 Å². The fourth-order valence-electron chi connectivity index (χ4n) is 3.90. The van der Waals surface area contributed by atoms with Gasteiger partial charge in [-0.1, -0.05) is 6.07 Å². The molecule has 5 heterocycles. The van der Waals surface area contributed by atoms with Crippen LogP contribution in [0.25, 0.3) is 16.8 Å². The summed E-state index contributed by atoms with van der Waals surface area (Å²) >= 11 is 0. The molecule has 2 N–H and O–H groups in total. The summed E-state index contributed by atoms with van der Waals surface area (Å²) in [5, 5.41) is 11.5. The third kappa shape index (κ3) is 2.89. The van der Waals surface area contributed by atoms with Gasteiger partial charge >= 0.3 is 0 Å². The van der Waals surface area contributed by atoms with E-state index in [0.29, 0.717) is 19.8 Å². The molecule has 0 bridgehead atoms. The maximum Gasteiger partial charge on any atom is 0.160 e. The lowest BCUT2D eigenvalue weighted by Gasteiger charge is -2.20. The fraction of sp³-hybridized carbons (Fsp3) is 0.238. The zero-order valence-corrected chi connectivity index (χ0v) is 15.8. The predicted molar refractivity (Wildman–Crippen MR) is 110 cm³/mol. The Labute approximate surface area is 167 Å². The molecule has 2 aliphatic heterocycles. The molecule has 4 aromatic rings. The van der Waals surface area contributed by atoms with E-state index in [9.17, 15) is 0 Å². The number of nitrogens with zero attached hydrogens (tertiary/aromatic N) is 4. The highest BCUT2D eigenvalue weighted by molar-refractivity contribution is 5.81. The minimum absolute atomic E-state index is 0.595. The molecule has 0 saturated heterocycles. The van der Waals surface area contributed by atoms with Crippen molar-refractivity contribution in [3.63, 3.8) is 0 Å². The smallest absolute Gasteiger partial charge is 0.160 e. The van der Waals surface area contributed by atoms with E-state index >= 15 is 0 Å². The van der Waals surface area contributed by atoms with Gasteiger partial charge in [-0.2, -0.15) is 5.10 Å². The van der Waals surface area contributed by atoms with Gasteiger partial charge in [0.15, 0.2) is 11.5 Å². The van der Waals surface area contributed by atoms with Gasteiger partial charge in [0, 0.05) is 36.8 Å². The lowest BCUT2D eigenvalue weighted by atomic mass is 10.1. The molecule has 0 radical (unpaired) electrons. The monoisotopic (exact) mass is 388 g/mol. The van der Waals surface area contributed by atoms with E-state index in [-0.39, 0.29) is 0 Å². The third-order valence-corrected chi connectivity index (χ3v) is 5.30. The largest absolute Gasteiger partial charge is 0.490 e. The molecule has 3 aromatic heterocycles. The Balaban J connectivity index is 1.41. The van der Waals surface area contributed by atoms with Crippen molar-refractivity contribution in [2.75, 3.05) is 30.4 Å². The lowest BCUT2D eigenvalue weighted by molar-refractivity contribution is 0.0801. The predicted octanol–water partition coefficient (Wildman–Crippen LogP) is 3.28. The Kier molecular flexibility index (Phi) is 3.70. The summed E-state index contributed by atoms with van der Waals surface area (Å²) in [6, 6.07) is 10.4. The van der Waals surface area contributed by atoms with Crippen molar-refractivity contribution in [3.05, 3.63) is 54.6 Å². The molecule has 8 nitrogen and oxygen atoms in total. The van der Waals surface area contributed by atoms with Crippen LogP contribution in [0, 0.1) is 0 Å². The number of imidazole rings is 1. The Morgan fingerprint density at radius 2 is 2.10 bits per heavy atom. The zero-order valence-electron chi connectivity index (χ0n) is 15.8.